The van der Waals surface area contributed by atoms with Crippen LogP contribution < -0.4 is 4.74 Å². The van der Waals surface area contributed by atoms with Crippen molar-refractivity contribution in [2.24, 2.45) is 0 Å². The molecule has 1 nitrogen and oxygen atoms in total. The molecule has 0 aliphatic carbocycles. The smallest absolute Gasteiger partial charge is 0.119 e. The van der Waals surface area contributed by atoms with Gasteiger partial charge in [0.1, 0.15) is 5.75 Å². The average molecular weight is 302 g/mol. The molecule has 0 heterocycles. The third-order valence-electron chi connectivity index (χ3n) is 3.37. The van der Waals surface area contributed by atoms with Crippen molar-refractivity contribution in [2.45, 2.75) is 32.6 Å². The summed E-state index contributed by atoms with van der Waals surface area (Å²) in [5.74, 6) is 12.7. The topological polar surface area (TPSA) is 9.23 Å². The fourth-order valence-electron chi connectivity index (χ4n) is 2.08. The predicted molar refractivity (Wildman–Crippen MR) is 96.3 cm³/mol. The fraction of sp³-hybridized carbons (Fsp3) is 0.273. The van der Waals surface area contributed by atoms with E-state index >= 15 is 0 Å². The summed E-state index contributed by atoms with van der Waals surface area (Å²) in [5.41, 5.74) is 1.93. The van der Waals surface area contributed by atoms with Gasteiger partial charge in [-0.1, -0.05) is 56.2 Å². The molecule has 0 spiro atoms. The number of hydrogen-bond donors (Lipinski definition) is 0. The largest absolute Gasteiger partial charge is 0.494 e. The molecule has 0 aromatic heterocycles. The molecule has 23 heavy (non-hydrogen) atoms. The first-order valence-electron chi connectivity index (χ1n) is 8.18. The van der Waals surface area contributed by atoms with Gasteiger partial charge in [0.15, 0.2) is 0 Å². The predicted octanol–water partition coefficient (Wildman–Crippen LogP) is 5.05. The number of ether oxygens (including phenoxy) is 1. The van der Waals surface area contributed by atoms with E-state index in [1.807, 2.05) is 54.6 Å². The molecule has 2 aromatic carbocycles. The maximum atomic E-state index is 5.71. The summed E-state index contributed by atoms with van der Waals surface area (Å²) in [4.78, 5) is 0. The average Bonchev–Trinajstić information content (AvgIpc) is 2.61. The lowest BCUT2D eigenvalue weighted by molar-refractivity contribution is 0.305. The minimum absolute atomic E-state index is 0.785. The molecule has 0 saturated heterocycles. The van der Waals surface area contributed by atoms with Crippen molar-refractivity contribution >= 4 is 0 Å². The van der Waals surface area contributed by atoms with Gasteiger partial charge < -0.3 is 4.74 Å². The van der Waals surface area contributed by atoms with Gasteiger partial charge in [-0.25, -0.2) is 0 Å². The Morgan fingerprint density at radius 1 is 0.739 bits per heavy atom. The monoisotopic (exact) mass is 302 g/mol. The first-order valence-corrected chi connectivity index (χ1v) is 8.18. The van der Waals surface area contributed by atoms with E-state index < -0.39 is 0 Å². The van der Waals surface area contributed by atoms with Crippen molar-refractivity contribution in [2.75, 3.05) is 6.61 Å². The molecule has 0 radical (unpaired) electrons. The van der Waals surface area contributed by atoms with Crippen molar-refractivity contribution in [1.29, 1.82) is 0 Å². The Labute approximate surface area is 139 Å². The van der Waals surface area contributed by atoms with Crippen LogP contribution in [-0.2, 0) is 0 Å². The molecule has 2 rings (SSSR count). The highest BCUT2D eigenvalue weighted by Gasteiger charge is 1.94. The summed E-state index contributed by atoms with van der Waals surface area (Å²) in [6.45, 7) is 3.00. The molecule has 0 unspecified atom stereocenters. The highest BCUT2D eigenvalue weighted by Crippen LogP contribution is 2.12. The molecule has 0 bridgehead atoms. The molecule has 1 heteroatoms. The lowest BCUT2D eigenvalue weighted by atomic mass is 10.2. The van der Waals surface area contributed by atoms with Crippen LogP contribution in [0.25, 0.3) is 0 Å². The van der Waals surface area contributed by atoms with Gasteiger partial charge in [-0.15, -0.1) is 0 Å². The van der Waals surface area contributed by atoms with Crippen molar-refractivity contribution in [1.82, 2.24) is 0 Å². The summed E-state index contributed by atoms with van der Waals surface area (Å²) in [6, 6.07) is 17.7. The van der Waals surface area contributed by atoms with Gasteiger partial charge in [0.05, 0.1) is 6.61 Å². The van der Waals surface area contributed by atoms with Gasteiger partial charge in [0.25, 0.3) is 0 Å². The van der Waals surface area contributed by atoms with Crippen LogP contribution in [-0.4, -0.2) is 6.61 Å². The Morgan fingerprint density at radius 3 is 2.04 bits per heavy atom. The second-order valence-electron chi connectivity index (χ2n) is 5.30. The maximum absolute atomic E-state index is 5.71. The molecule has 0 fully saturated rings. The first kappa shape index (κ1) is 16.7. The van der Waals surface area contributed by atoms with Gasteiger partial charge in [0, 0.05) is 11.1 Å². The summed E-state index contributed by atoms with van der Waals surface area (Å²) in [5, 5.41) is 0. The molecular weight excluding hydrogens is 280 g/mol. The van der Waals surface area contributed by atoms with Gasteiger partial charge in [-0.05, 0) is 54.7 Å². The normalized spacial score (nSPS) is 9.26. The minimum atomic E-state index is 0.785. The Kier molecular flexibility index (Phi) is 7.38. The second-order valence-corrected chi connectivity index (χ2v) is 5.30. The zero-order chi connectivity index (χ0) is 16.2. The standard InChI is InChI=1S/C22H22O/c1-2-3-4-10-19-23-22-17-15-21(16-18-22)14-9-8-13-20-11-6-5-7-12-20/h5-7,11-12,15-18H,2-4,10,19H2,1H3. The molecule has 0 aliphatic heterocycles. The lowest BCUT2D eigenvalue weighted by Gasteiger charge is -2.05. The summed E-state index contributed by atoms with van der Waals surface area (Å²) in [6.07, 6.45) is 4.88. The molecule has 116 valence electrons. The molecule has 0 amide bonds. The SMILES string of the molecule is CCCCCCOc1ccc(C#CC#Cc2ccccc2)cc1. The fourth-order valence-corrected chi connectivity index (χ4v) is 2.08. The Morgan fingerprint density at radius 2 is 1.39 bits per heavy atom. The van der Waals surface area contributed by atoms with Crippen molar-refractivity contribution in [3.8, 4) is 29.4 Å². The number of rotatable bonds is 6. The van der Waals surface area contributed by atoms with Gasteiger partial charge in [-0.2, -0.15) is 0 Å². The van der Waals surface area contributed by atoms with E-state index in [0.717, 1.165) is 29.9 Å². The van der Waals surface area contributed by atoms with Crippen molar-refractivity contribution < 1.29 is 4.74 Å². The van der Waals surface area contributed by atoms with Crippen LogP contribution in [0.3, 0.4) is 0 Å². The Hall–Kier alpha value is -2.64. The van der Waals surface area contributed by atoms with Crippen LogP contribution in [0.5, 0.6) is 5.75 Å². The van der Waals surface area contributed by atoms with Crippen LogP contribution in [0, 0.1) is 23.7 Å². The van der Waals surface area contributed by atoms with Crippen LogP contribution in [0.4, 0.5) is 0 Å². The van der Waals surface area contributed by atoms with E-state index in [1.165, 1.54) is 19.3 Å². The van der Waals surface area contributed by atoms with Crippen LogP contribution in [0.2, 0.25) is 0 Å². The molecule has 0 atom stereocenters. The first-order chi connectivity index (χ1) is 11.4. The van der Waals surface area contributed by atoms with E-state index in [2.05, 4.69) is 30.6 Å². The Bertz CT molecular complexity index is 691. The van der Waals surface area contributed by atoms with E-state index in [0.29, 0.717) is 0 Å². The summed E-state index contributed by atoms with van der Waals surface area (Å²) >= 11 is 0. The van der Waals surface area contributed by atoms with Crippen LogP contribution in [0.1, 0.15) is 43.7 Å². The van der Waals surface area contributed by atoms with Crippen molar-refractivity contribution in [3.05, 3.63) is 65.7 Å². The Balaban J connectivity index is 1.81. The van der Waals surface area contributed by atoms with E-state index in [4.69, 9.17) is 4.74 Å². The van der Waals surface area contributed by atoms with Gasteiger partial charge >= 0.3 is 0 Å². The molecule has 0 N–H and O–H groups in total. The number of benzene rings is 2. The molecule has 0 aliphatic rings. The summed E-state index contributed by atoms with van der Waals surface area (Å²) < 4.78 is 5.71. The van der Waals surface area contributed by atoms with E-state index in [1.54, 1.807) is 0 Å². The van der Waals surface area contributed by atoms with Crippen molar-refractivity contribution in [3.63, 3.8) is 0 Å². The number of hydrogen-bond acceptors (Lipinski definition) is 1. The minimum Gasteiger partial charge on any atom is -0.494 e. The lowest BCUT2D eigenvalue weighted by Crippen LogP contribution is -1.96. The molecule has 0 saturated carbocycles. The van der Waals surface area contributed by atoms with Gasteiger partial charge in [0.2, 0.25) is 0 Å². The zero-order valence-electron chi connectivity index (χ0n) is 13.6. The van der Waals surface area contributed by atoms with E-state index in [-0.39, 0.29) is 0 Å². The molecule has 2 aromatic rings. The highest BCUT2D eigenvalue weighted by molar-refractivity contribution is 5.45. The quantitative estimate of drug-likeness (QED) is 0.536. The number of unbranched alkanes of at least 4 members (excludes halogenated alkanes) is 3. The van der Waals surface area contributed by atoms with Crippen LogP contribution >= 0.6 is 0 Å². The highest BCUT2D eigenvalue weighted by atomic mass is 16.5. The van der Waals surface area contributed by atoms with E-state index in [9.17, 15) is 0 Å². The maximum Gasteiger partial charge on any atom is 0.119 e. The van der Waals surface area contributed by atoms with Gasteiger partial charge in [-0.3, -0.25) is 0 Å². The summed E-state index contributed by atoms with van der Waals surface area (Å²) in [7, 11) is 0. The third-order valence-corrected chi connectivity index (χ3v) is 3.37. The second kappa shape index (κ2) is 10.1. The van der Waals surface area contributed by atoms with Crippen LogP contribution in [0.15, 0.2) is 54.6 Å². The third kappa shape index (κ3) is 6.77. The molecular formula is C22H22O. The zero-order valence-corrected chi connectivity index (χ0v) is 13.6.